The molecular formula is C30H31F4N3O3. The molecule has 1 aliphatic rings. The number of carbonyl (C=O) groups is 1. The van der Waals surface area contributed by atoms with E-state index in [2.05, 4.69) is 16.8 Å². The van der Waals surface area contributed by atoms with E-state index < -0.39 is 35.0 Å². The van der Waals surface area contributed by atoms with Crippen molar-refractivity contribution in [2.24, 2.45) is 11.1 Å². The zero-order valence-electron chi connectivity index (χ0n) is 22.2. The van der Waals surface area contributed by atoms with Gasteiger partial charge >= 0.3 is 5.97 Å². The lowest BCUT2D eigenvalue weighted by molar-refractivity contribution is -0.141. The Bertz CT molecular complexity index is 1440. The third-order valence-corrected chi connectivity index (χ3v) is 7.62. The molecule has 1 aromatic heterocycles. The highest BCUT2D eigenvalue weighted by molar-refractivity contribution is 5.85. The molecule has 2 aromatic carbocycles. The second-order valence-corrected chi connectivity index (χ2v) is 10.2. The molecule has 0 unspecified atom stereocenters. The number of benzene rings is 2. The Kier molecular flexibility index (Phi) is 9.28. The number of pyridine rings is 1. The standard InChI is InChI=1S/C30H31F4N3O3/c1-40-22-4-5-26-23(15-22)28(20(17-35)18-36-26)24(32)6-7-30(16-27(38)39)8-11-37(12-9-30)10-2-3-19-13-21(31)14-25(33)29(19)34/h4-5,13-15,18,24H,6-12,16-17,35H2,1H3,(H,38,39)/t24-/m1/s1. The van der Waals surface area contributed by atoms with E-state index >= 15 is 4.39 Å². The number of rotatable bonds is 9. The van der Waals surface area contributed by atoms with Gasteiger partial charge in [0.1, 0.15) is 17.7 Å². The minimum absolute atomic E-state index is 0.0956. The van der Waals surface area contributed by atoms with Gasteiger partial charge < -0.3 is 15.6 Å². The molecule has 1 atom stereocenters. The van der Waals surface area contributed by atoms with E-state index in [0.717, 1.165) is 6.07 Å². The first-order valence-corrected chi connectivity index (χ1v) is 13.0. The van der Waals surface area contributed by atoms with Crippen LogP contribution in [-0.4, -0.2) is 47.7 Å². The number of fused-ring (bicyclic) bond motifs is 1. The summed E-state index contributed by atoms with van der Waals surface area (Å²) in [5.74, 6) is 1.42. The molecule has 3 N–H and O–H groups in total. The van der Waals surface area contributed by atoms with Gasteiger partial charge in [0.2, 0.25) is 0 Å². The SMILES string of the molecule is COc1ccc2ncc(CN)c([C@H](F)CCC3(CC(=O)O)CCN(CC#Cc4cc(F)cc(F)c4F)CC3)c2c1. The van der Waals surface area contributed by atoms with Crippen LogP contribution in [0.5, 0.6) is 5.75 Å². The first-order valence-electron chi connectivity index (χ1n) is 13.0. The number of carboxylic acid groups (broad SMARTS) is 1. The summed E-state index contributed by atoms with van der Waals surface area (Å²) in [4.78, 5) is 18.1. The predicted octanol–water partition coefficient (Wildman–Crippen LogP) is 5.52. The highest BCUT2D eigenvalue weighted by Crippen LogP contribution is 2.43. The van der Waals surface area contributed by atoms with Crippen LogP contribution in [0.15, 0.2) is 36.5 Å². The summed E-state index contributed by atoms with van der Waals surface area (Å²) in [5.41, 5.74) is 6.59. The molecule has 0 spiro atoms. The minimum Gasteiger partial charge on any atom is -0.497 e. The van der Waals surface area contributed by atoms with Crippen LogP contribution in [0.4, 0.5) is 17.6 Å². The molecule has 1 fully saturated rings. The summed E-state index contributed by atoms with van der Waals surface area (Å²) in [6, 6.07) is 6.54. The number of ether oxygens (including phenoxy) is 1. The van der Waals surface area contributed by atoms with Gasteiger partial charge in [-0.2, -0.15) is 0 Å². The van der Waals surface area contributed by atoms with Gasteiger partial charge in [0, 0.05) is 29.8 Å². The van der Waals surface area contributed by atoms with E-state index in [1.165, 1.54) is 7.11 Å². The van der Waals surface area contributed by atoms with Crippen molar-refractivity contribution in [2.45, 2.75) is 44.8 Å². The number of likely N-dealkylation sites (tertiary alicyclic amines) is 1. The van der Waals surface area contributed by atoms with Crippen molar-refractivity contribution in [3.8, 4) is 17.6 Å². The quantitative estimate of drug-likeness (QED) is 0.205. The van der Waals surface area contributed by atoms with Gasteiger partial charge in [0.25, 0.3) is 0 Å². The molecule has 212 valence electrons. The molecule has 3 aromatic rings. The number of nitrogens with zero attached hydrogens (tertiary/aromatic N) is 2. The Morgan fingerprint density at radius 2 is 1.98 bits per heavy atom. The first-order chi connectivity index (χ1) is 19.1. The maximum absolute atomic E-state index is 15.9. The molecule has 0 bridgehead atoms. The Hall–Kier alpha value is -3.68. The lowest BCUT2D eigenvalue weighted by Gasteiger charge is -2.41. The number of hydrogen-bond donors (Lipinski definition) is 2. The molecule has 40 heavy (non-hydrogen) atoms. The van der Waals surface area contributed by atoms with E-state index in [4.69, 9.17) is 10.5 Å². The van der Waals surface area contributed by atoms with Crippen LogP contribution in [-0.2, 0) is 11.3 Å². The van der Waals surface area contributed by atoms with E-state index in [-0.39, 0.29) is 31.5 Å². The van der Waals surface area contributed by atoms with Crippen LogP contribution < -0.4 is 10.5 Å². The van der Waals surface area contributed by atoms with E-state index in [1.807, 2.05) is 4.90 Å². The van der Waals surface area contributed by atoms with Gasteiger partial charge in [0.05, 0.1) is 31.2 Å². The number of aliphatic carboxylic acids is 1. The predicted molar refractivity (Wildman–Crippen MR) is 143 cm³/mol. The van der Waals surface area contributed by atoms with Crippen molar-refractivity contribution in [3.63, 3.8) is 0 Å². The average Bonchev–Trinajstić information content (AvgIpc) is 2.94. The smallest absolute Gasteiger partial charge is 0.303 e. The molecule has 10 heteroatoms. The van der Waals surface area contributed by atoms with Crippen LogP contribution >= 0.6 is 0 Å². The number of aromatic nitrogens is 1. The van der Waals surface area contributed by atoms with Crippen molar-refractivity contribution in [2.75, 3.05) is 26.7 Å². The molecule has 1 aliphatic heterocycles. The lowest BCUT2D eigenvalue weighted by atomic mass is 9.71. The maximum Gasteiger partial charge on any atom is 0.303 e. The van der Waals surface area contributed by atoms with Crippen LogP contribution in [0.1, 0.15) is 55.0 Å². The van der Waals surface area contributed by atoms with Gasteiger partial charge in [-0.05, 0) is 74.0 Å². The third kappa shape index (κ3) is 6.72. The van der Waals surface area contributed by atoms with Gasteiger partial charge in [-0.1, -0.05) is 11.8 Å². The molecule has 4 rings (SSSR count). The fraction of sp³-hybridized carbons (Fsp3) is 0.400. The van der Waals surface area contributed by atoms with Crippen molar-refractivity contribution < 1.29 is 32.2 Å². The Morgan fingerprint density at radius 3 is 2.65 bits per heavy atom. The van der Waals surface area contributed by atoms with Gasteiger partial charge in [-0.15, -0.1) is 0 Å². The summed E-state index contributed by atoms with van der Waals surface area (Å²) < 4.78 is 61.9. The normalized spacial score (nSPS) is 15.8. The number of nitrogens with two attached hydrogens (primary N) is 1. The summed E-state index contributed by atoms with van der Waals surface area (Å²) in [6.07, 6.45) is 1.57. The third-order valence-electron chi connectivity index (χ3n) is 7.62. The molecule has 0 aliphatic carbocycles. The van der Waals surface area contributed by atoms with E-state index in [9.17, 15) is 23.1 Å². The summed E-state index contributed by atoms with van der Waals surface area (Å²) in [5, 5.41) is 10.2. The fourth-order valence-corrected chi connectivity index (χ4v) is 5.39. The zero-order chi connectivity index (χ0) is 28.9. The van der Waals surface area contributed by atoms with Crippen molar-refractivity contribution in [1.29, 1.82) is 0 Å². The fourth-order valence-electron chi connectivity index (χ4n) is 5.39. The number of hydrogen-bond acceptors (Lipinski definition) is 5. The number of alkyl halides is 1. The van der Waals surface area contributed by atoms with Crippen LogP contribution in [0.3, 0.4) is 0 Å². The summed E-state index contributed by atoms with van der Waals surface area (Å²) >= 11 is 0. The van der Waals surface area contributed by atoms with E-state index in [0.29, 0.717) is 66.2 Å². The van der Waals surface area contributed by atoms with Gasteiger partial charge in [0.15, 0.2) is 11.6 Å². The molecule has 2 heterocycles. The first kappa shape index (κ1) is 29.3. The Labute approximate surface area is 230 Å². The maximum atomic E-state index is 15.9. The van der Waals surface area contributed by atoms with Crippen LogP contribution in [0.2, 0.25) is 0 Å². The molecule has 0 saturated carbocycles. The Balaban J connectivity index is 1.46. The lowest BCUT2D eigenvalue weighted by Crippen LogP contribution is -2.41. The summed E-state index contributed by atoms with van der Waals surface area (Å²) in [6.45, 7) is 1.33. The molecule has 1 saturated heterocycles. The summed E-state index contributed by atoms with van der Waals surface area (Å²) in [7, 11) is 1.53. The zero-order valence-corrected chi connectivity index (χ0v) is 22.2. The van der Waals surface area contributed by atoms with Crippen molar-refractivity contribution in [3.05, 3.63) is 70.7 Å². The monoisotopic (exact) mass is 557 g/mol. The average molecular weight is 558 g/mol. The van der Waals surface area contributed by atoms with Gasteiger partial charge in [-0.3, -0.25) is 14.7 Å². The van der Waals surface area contributed by atoms with E-state index in [1.54, 1.807) is 24.4 Å². The Morgan fingerprint density at radius 1 is 1.23 bits per heavy atom. The molecule has 6 nitrogen and oxygen atoms in total. The number of piperidine rings is 1. The highest BCUT2D eigenvalue weighted by atomic mass is 19.2. The largest absolute Gasteiger partial charge is 0.497 e. The number of carboxylic acids is 1. The molecular weight excluding hydrogens is 526 g/mol. The van der Waals surface area contributed by atoms with Crippen molar-refractivity contribution >= 4 is 16.9 Å². The van der Waals surface area contributed by atoms with Crippen LogP contribution in [0, 0.1) is 34.7 Å². The minimum atomic E-state index is -1.38. The second-order valence-electron chi connectivity index (χ2n) is 10.2. The number of methoxy groups -OCH3 is 1. The highest BCUT2D eigenvalue weighted by Gasteiger charge is 2.37. The van der Waals surface area contributed by atoms with Crippen molar-refractivity contribution in [1.82, 2.24) is 9.88 Å². The van der Waals surface area contributed by atoms with Gasteiger partial charge in [-0.25, -0.2) is 17.6 Å². The number of halogens is 4. The molecule has 0 amide bonds. The molecule has 0 radical (unpaired) electrons. The second kappa shape index (κ2) is 12.7. The van der Waals surface area contributed by atoms with Crippen LogP contribution in [0.25, 0.3) is 10.9 Å². The topological polar surface area (TPSA) is 88.7 Å².